The number of rotatable bonds is 2. The van der Waals surface area contributed by atoms with E-state index >= 15 is 0 Å². The SMILES string of the molecule is Cc1cccnc1-n1c(C)c(C)c2c1ncn1nc(-c3ccccc3Cl)nc21. The van der Waals surface area contributed by atoms with Gasteiger partial charge in [0.05, 0.1) is 10.4 Å². The van der Waals surface area contributed by atoms with Gasteiger partial charge in [0.25, 0.3) is 0 Å². The summed E-state index contributed by atoms with van der Waals surface area (Å²) in [6.07, 6.45) is 3.49. The number of hydrogen-bond acceptors (Lipinski definition) is 4. The highest BCUT2D eigenvalue weighted by atomic mass is 35.5. The monoisotopic (exact) mass is 388 g/mol. The first-order chi connectivity index (χ1) is 13.6. The molecule has 7 heteroatoms. The van der Waals surface area contributed by atoms with Crippen LogP contribution in [-0.2, 0) is 0 Å². The molecule has 6 nitrogen and oxygen atoms in total. The van der Waals surface area contributed by atoms with Crippen molar-refractivity contribution in [1.82, 2.24) is 29.1 Å². The molecule has 0 N–H and O–H groups in total. The van der Waals surface area contributed by atoms with E-state index in [9.17, 15) is 0 Å². The van der Waals surface area contributed by atoms with E-state index in [4.69, 9.17) is 16.6 Å². The minimum absolute atomic E-state index is 0.582. The molecule has 0 saturated carbocycles. The second-order valence-corrected chi connectivity index (χ2v) is 7.22. The van der Waals surface area contributed by atoms with Crippen LogP contribution in [0.25, 0.3) is 33.9 Å². The standard InChI is InChI=1S/C21H17ClN6/c1-12-7-6-10-23-19(12)28-14(3)13(2)17-20(28)24-11-27-21(17)25-18(26-27)15-8-4-5-9-16(15)22/h4-11H,1-3H3. The Morgan fingerprint density at radius 2 is 1.75 bits per heavy atom. The van der Waals surface area contributed by atoms with E-state index in [0.717, 1.165) is 44.9 Å². The second kappa shape index (κ2) is 6.14. The summed E-state index contributed by atoms with van der Waals surface area (Å²) in [6.45, 7) is 6.21. The van der Waals surface area contributed by atoms with Crippen molar-refractivity contribution in [2.24, 2.45) is 0 Å². The van der Waals surface area contributed by atoms with Gasteiger partial charge in [-0.05, 0) is 50.1 Å². The van der Waals surface area contributed by atoms with E-state index in [-0.39, 0.29) is 0 Å². The Morgan fingerprint density at radius 3 is 2.54 bits per heavy atom. The molecule has 28 heavy (non-hydrogen) atoms. The Morgan fingerprint density at radius 1 is 0.929 bits per heavy atom. The van der Waals surface area contributed by atoms with Crippen LogP contribution in [0.4, 0.5) is 0 Å². The van der Waals surface area contributed by atoms with E-state index in [2.05, 4.69) is 33.5 Å². The Bertz CT molecular complexity index is 1360. The summed E-state index contributed by atoms with van der Waals surface area (Å²) in [7, 11) is 0. The molecule has 0 atom stereocenters. The predicted octanol–water partition coefficient (Wildman–Crippen LogP) is 4.71. The van der Waals surface area contributed by atoms with Gasteiger partial charge < -0.3 is 0 Å². The molecule has 0 bridgehead atoms. The van der Waals surface area contributed by atoms with Crippen LogP contribution in [0.2, 0.25) is 5.02 Å². The van der Waals surface area contributed by atoms with Crippen LogP contribution in [0.5, 0.6) is 0 Å². The van der Waals surface area contributed by atoms with Crippen molar-refractivity contribution in [1.29, 1.82) is 0 Å². The molecular formula is C21H17ClN6. The van der Waals surface area contributed by atoms with Crippen LogP contribution < -0.4 is 0 Å². The first-order valence-corrected chi connectivity index (χ1v) is 9.34. The first-order valence-electron chi connectivity index (χ1n) is 8.96. The van der Waals surface area contributed by atoms with E-state index in [1.165, 1.54) is 0 Å². The minimum Gasteiger partial charge on any atom is -0.282 e. The maximum absolute atomic E-state index is 6.35. The largest absolute Gasteiger partial charge is 0.282 e. The Kier molecular flexibility index (Phi) is 3.70. The lowest BCUT2D eigenvalue weighted by molar-refractivity contribution is 0.915. The van der Waals surface area contributed by atoms with Crippen LogP contribution in [-0.4, -0.2) is 29.1 Å². The lowest BCUT2D eigenvalue weighted by Crippen LogP contribution is -2.03. The fraction of sp³-hybridized carbons (Fsp3) is 0.143. The van der Waals surface area contributed by atoms with Crippen molar-refractivity contribution in [3.63, 3.8) is 0 Å². The highest BCUT2D eigenvalue weighted by Crippen LogP contribution is 2.32. The Hall–Kier alpha value is -3.25. The predicted molar refractivity (Wildman–Crippen MR) is 110 cm³/mol. The summed E-state index contributed by atoms with van der Waals surface area (Å²) in [6, 6.07) is 11.6. The van der Waals surface area contributed by atoms with Crippen LogP contribution in [0.3, 0.4) is 0 Å². The van der Waals surface area contributed by atoms with E-state index in [0.29, 0.717) is 10.8 Å². The fourth-order valence-electron chi connectivity index (χ4n) is 3.59. The highest BCUT2D eigenvalue weighted by Gasteiger charge is 2.20. The average Bonchev–Trinajstić information content (AvgIpc) is 3.22. The topological polar surface area (TPSA) is 60.9 Å². The quantitative estimate of drug-likeness (QED) is 0.439. The molecule has 138 valence electrons. The molecule has 0 amide bonds. The van der Waals surface area contributed by atoms with Gasteiger partial charge in [-0.1, -0.05) is 29.8 Å². The van der Waals surface area contributed by atoms with E-state index in [1.807, 2.05) is 43.3 Å². The zero-order valence-electron chi connectivity index (χ0n) is 15.7. The van der Waals surface area contributed by atoms with Gasteiger partial charge in [0.15, 0.2) is 17.1 Å². The third-order valence-electron chi connectivity index (χ3n) is 5.14. The van der Waals surface area contributed by atoms with Gasteiger partial charge in [-0.25, -0.2) is 19.5 Å². The van der Waals surface area contributed by atoms with Crippen molar-refractivity contribution in [3.8, 4) is 17.2 Å². The van der Waals surface area contributed by atoms with Crippen LogP contribution >= 0.6 is 11.6 Å². The fourth-order valence-corrected chi connectivity index (χ4v) is 3.81. The molecule has 0 unspecified atom stereocenters. The summed E-state index contributed by atoms with van der Waals surface area (Å²) in [5.41, 5.74) is 5.66. The average molecular weight is 389 g/mol. The molecular weight excluding hydrogens is 372 g/mol. The van der Waals surface area contributed by atoms with Gasteiger partial charge in [0.1, 0.15) is 12.1 Å². The number of benzene rings is 1. The van der Waals surface area contributed by atoms with Gasteiger partial charge in [0.2, 0.25) is 0 Å². The lowest BCUT2D eigenvalue weighted by Gasteiger charge is -2.09. The summed E-state index contributed by atoms with van der Waals surface area (Å²) in [5, 5.41) is 6.19. The molecule has 1 aromatic carbocycles. The van der Waals surface area contributed by atoms with Crippen molar-refractivity contribution < 1.29 is 0 Å². The first kappa shape index (κ1) is 16.9. The summed E-state index contributed by atoms with van der Waals surface area (Å²) in [5.74, 6) is 1.46. The molecule has 0 spiro atoms. The smallest absolute Gasteiger partial charge is 0.183 e. The van der Waals surface area contributed by atoms with Crippen LogP contribution in [0.15, 0.2) is 48.9 Å². The van der Waals surface area contributed by atoms with Crippen LogP contribution in [0, 0.1) is 20.8 Å². The van der Waals surface area contributed by atoms with Gasteiger partial charge in [0, 0.05) is 17.5 Å². The maximum atomic E-state index is 6.35. The highest BCUT2D eigenvalue weighted by molar-refractivity contribution is 6.33. The van der Waals surface area contributed by atoms with E-state index < -0.39 is 0 Å². The molecule has 0 aliphatic rings. The van der Waals surface area contributed by atoms with Crippen molar-refractivity contribution in [2.75, 3.05) is 0 Å². The van der Waals surface area contributed by atoms with Gasteiger partial charge in [-0.15, -0.1) is 5.10 Å². The van der Waals surface area contributed by atoms with Crippen molar-refractivity contribution in [3.05, 3.63) is 70.8 Å². The van der Waals surface area contributed by atoms with Crippen molar-refractivity contribution >= 4 is 28.3 Å². The molecule has 5 rings (SSSR count). The molecule has 0 radical (unpaired) electrons. The molecule has 4 heterocycles. The third kappa shape index (κ3) is 2.34. The zero-order chi connectivity index (χ0) is 19.4. The molecule has 5 aromatic rings. The Labute approximate surface area is 166 Å². The van der Waals surface area contributed by atoms with Crippen LogP contribution in [0.1, 0.15) is 16.8 Å². The third-order valence-corrected chi connectivity index (χ3v) is 5.47. The number of nitrogens with zero attached hydrogens (tertiary/aromatic N) is 6. The molecule has 4 aromatic heterocycles. The molecule has 0 aliphatic heterocycles. The zero-order valence-corrected chi connectivity index (χ0v) is 16.4. The Balaban J connectivity index is 1.84. The molecule has 0 fully saturated rings. The number of aryl methyl sites for hydroxylation is 2. The number of halogens is 1. The van der Waals surface area contributed by atoms with E-state index in [1.54, 1.807) is 17.0 Å². The molecule has 0 saturated heterocycles. The normalized spacial score (nSPS) is 11.6. The number of hydrogen-bond donors (Lipinski definition) is 0. The summed E-state index contributed by atoms with van der Waals surface area (Å²) < 4.78 is 3.80. The minimum atomic E-state index is 0.582. The molecule has 0 aliphatic carbocycles. The van der Waals surface area contributed by atoms with Gasteiger partial charge in [-0.2, -0.15) is 0 Å². The maximum Gasteiger partial charge on any atom is 0.183 e. The second-order valence-electron chi connectivity index (χ2n) is 6.82. The van der Waals surface area contributed by atoms with Gasteiger partial charge in [-0.3, -0.25) is 4.57 Å². The number of aromatic nitrogens is 6. The van der Waals surface area contributed by atoms with Crippen molar-refractivity contribution in [2.45, 2.75) is 20.8 Å². The number of fused-ring (bicyclic) bond motifs is 3. The summed E-state index contributed by atoms with van der Waals surface area (Å²) in [4.78, 5) is 14.1. The van der Waals surface area contributed by atoms with Gasteiger partial charge >= 0.3 is 0 Å². The summed E-state index contributed by atoms with van der Waals surface area (Å²) >= 11 is 6.35. The lowest BCUT2D eigenvalue weighted by atomic mass is 10.2. The number of pyridine rings is 1.